The highest BCUT2D eigenvalue weighted by molar-refractivity contribution is 7.09. The van der Waals surface area contributed by atoms with Gasteiger partial charge in [0.2, 0.25) is 0 Å². The molecule has 27 heavy (non-hydrogen) atoms. The third-order valence-electron chi connectivity index (χ3n) is 4.04. The van der Waals surface area contributed by atoms with Gasteiger partial charge < -0.3 is 14.8 Å². The van der Waals surface area contributed by atoms with E-state index in [0.717, 1.165) is 22.0 Å². The molecule has 6 heteroatoms. The van der Waals surface area contributed by atoms with Crippen molar-refractivity contribution in [3.05, 3.63) is 75.7 Å². The van der Waals surface area contributed by atoms with Gasteiger partial charge in [0.15, 0.2) is 0 Å². The third-order valence-corrected chi connectivity index (χ3v) is 4.86. The largest absolute Gasteiger partial charge is 0.496 e. The Morgan fingerprint density at radius 1 is 1.15 bits per heavy atom. The van der Waals surface area contributed by atoms with E-state index < -0.39 is 0 Å². The van der Waals surface area contributed by atoms with E-state index in [1.54, 1.807) is 42.7 Å². The zero-order valence-corrected chi connectivity index (χ0v) is 16.2. The number of rotatable bonds is 8. The molecule has 3 rings (SSSR count). The van der Waals surface area contributed by atoms with E-state index in [1.807, 2.05) is 36.6 Å². The smallest absolute Gasteiger partial charge is 0.251 e. The molecule has 0 fully saturated rings. The zero-order valence-electron chi connectivity index (χ0n) is 15.4. The number of aryl methyl sites for hydroxylation is 1. The lowest BCUT2D eigenvalue weighted by atomic mass is 10.1. The van der Waals surface area contributed by atoms with Crippen molar-refractivity contribution in [1.82, 2.24) is 10.3 Å². The average Bonchev–Trinajstić information content (AvgIpc) is 3.12. The van der Waals surface area contributed by atoms with Crippen LogP contribution in [0.15, 0.2) is 53.9 Å². The van der Waals surface area contributed by atoms with Crippen molar-refractivity contribution in [1.29, 1.82) is 0 Å². The summed E-state index contributed by atoms with van der Waals surface area (Å²) in [6, 6.07) is 14.9. The summed E-state index contributed by atoms with van der Waals surface area (Å²) < 4.78 is 11.0. The number of nitrogens with zero attached hydrogens (tertiary/aromatic N) is 1. The first-order valence-electron chi connectivity index (χ1n) is 8.69. The molecule has 140 valence electrons. The van der Waals surface area contributed by atoms with E-state index in [4.69, 9.17) is 9.47 Å². The van der Waals surface area contributed by atoms with E-state index in [-0.39, 0.29) is 5.91 Å². The fourth-order valence-corrected chi connectivity index (χ4v) is 3.25. The minimum atomic E-state index is -0.105. The van der Waals surface area contributed by atoms with Gasteiger partial charge in [0, 0.05) is 17.5 Å². The fourth-order valence-electron chi connectivity index (χ4n) is 2.66. The molecule has 0 radical (unpaired) electrons. The van der Waals surface area contributed by atoms with Crippen LogP contribution in [0.5, 0.6) is 11.5 Å². The van der Waals surface area contributed by atoms with Gasteiger partial charge in [-0.25, -0.2) is 4.98 Å². The van der Waals surface area contributed by atoms with E-state index in [1.165, 1.54) is 0 Å². The van der Waals surface area contributed by atoms with Gasteiger partial charge in [0.05, 0.1) is 17.8 Å². The standard InChI is InChI=1S/C21H22N2O3S/c1-15-23-18(14-27-15)13-26-19-9-7-17(8-10-19)21(24)22-12-11-16-5-3-4-6-20(16)25-2/h3-10,14H,11-13H2,1-2H3,(H,22,24). The summed E-state index contributed by atoms with van der Waals surface area (Å²) in [7, 11) is 1.65. The van der Waals surface area contributed by atoms with Crippen LogP contribution in [0.4, 0.5) is 0 Å². The predicted molar refractivity (Wildman–Crippen MR) is 107 cm³/mol. The molecule has 1 heterocycles. The Labute approximate surface area is 163 Å². The van der Waals surface area contributed by atoms with Gasteiger partial charge in [-0.1, -0.05) is 18.2 Å². The van der Waals surface area contributed by atoms with Crippen LogP contribution in [0, 0.1) is 6.92 Å². The maximum atomic E-state index is 12.3. The highest BCUT2D eigenvalue weighted by Crippen LogP contribution is 2.18. The van der Waals surface area contributed by atoms with Crippen LogP contribution >= 0.6 is 11.3 Å². The maximum absolute atomic E-state index is 12.3. The monoisotopic (exact) mass is 382 g/mol. The first-order valence-corrected chi connectivity index (χ1v) is 9.57. The second-order valence-corrected chi connectivity index (χ2v) is 7.05. The van der Waals surface area contributed by atoms with Gasteiger partial charge in [0.1, 0.15) is 18.1 Å². The number of thiazole rings is 1. The number of para-hydroxylation sites is 1. The number of methoxy groups -OCH3 is 1. The first-order chi connectivity index (χ1) is 13.2. The van der Waals surface area contributed by atoms with Gasteiger partial charge in [-0.3, -0.25) is 4.79 Å². The SMILES string of the molecule is COc1ccccc1CCNC(=O)c1ccc(OCc2csc(C)n2)cc1. The molecule has 0 aliphatic heterocycles. The molecule has 3 aromatic rings. The summed E-state index contributed by atoms with van der Waals surface area (Å²) in [5, 5.41) is 5.94. The molecule has 0 saturated heterocycles. The molecule has 0 saturated carbocycles. The Hall–Kier alpha value is -2.86. The van der Waals surface area contributed by atoms with Crippen molar-refractivity contribution in [3.63, 3.8) is 0 Å². The van der Waals surface area contributed by atoms with E-state index >= 15 is 0 Å². The molecule has 0 spiro atoms. The van der Waals surface area contributed by atoms with Crippen LogP contribution in [0.1, 0.15) is 26.6 Å². The number of hydrogen-bond acceptors (Lipinski definition) is 5. The number of ether oxygens (including phenoxy) is 2. The molecule has 5 nitrogen and oxygen atoms in total. The van der Waals surface area contributed by atoms with E-state index in [2.05, 4.69) is 10.3 Å². The molecule has 0 unspecified atom stereocenters. The van der Waals surface area contributed by atoms with Gasteiger partial charge in [-0.15, -0.1) is 11.3 Å². The van der Waals surface area contributed by atoms with Crippen molar-refractivity contribution < 1.29 is 14.3 Å². The zero-order chi connectivity index (χ0) is 19.1. The average molecular weight is 382 g/mol. The number of hydrogen-bond donors (Lipinski definition) is 1. The number of aromatic nitrogens is 1. The quantitative estimate of drug-likeness (QED) is 0.639. The van der Waals surface area contributed by atoms with Crippen molar-refractivity contribution in [2.24, 2.45) is 0 Å². The molecular weight excluding hydrogens is 360 g/mol. The van der Waals surface area contributed by atoms with Crippen molar-refractivity contribution >= 4 is 17.2 Å². The van der Waals surface area contributed by atoms with Crippen LogP contribution in [0.2, 0.25) is 0 Å². The summed E-state index contributed by atoms with van der Waals surface area (Å²) in [6.07, 6.45) is 0.712. The summed E-state index contributed by atoms with van der Waals surface area (Å²) in [5.74, 6) is 1.45. The highest BCUT2D eigenvalue weighted by Gasteiger charge is 2.07. The Balaban J connectivity index is 1.48. The predicted octanol–water partition coefficient (Wildman–Crippen LogP) is 4.01. The number of benzene rings is 2. The highest BCUT2D eigenvalue weighted by atomic mass is 32.1. The van der Waals surface area contributed by atoms with Gasteiger partial charge in [-0.05, 0) is 49.2 Å². The molecule has 0 atom stereocenters. The maximum Gasteiger partial charge on any atom is 0.251 e. The first kappa shape index (κ1) is 18.9. The normalized spacial score (nSPS) is 10.4. The molecule has 1 aromatic heterocycles. The van der Waals surface area contributed by atoms with Crippen LogP contribution in [-0.4, -0.2) is 24.5 Å². The van der Waals surface area contributed by atoms with Crippen molar-refractivity contribution in [3.8, 4) is 11.5 Å². The molecule has 0 aliphatic rings. The van der Waals surface area contributed by atoms with Gasteiger partial charge in [-0.2, -0.15) is 0 Å². The molecule has 2 aromatic carbocycles. The minimum absolute atomic E-state index is 0.105. The molecule has 0 bridgehead atoms. The lowest BCUT2D eigenvalue weighted by Crippen LogP contribution is -2.25. The molecule has 0 aliphatic carbocycles. The lowest BCUT2D eigenvalue weighted by molar-refractivity contribution is 0.0954. The van der Waals surface area contributed by atoms with Gasteiger partial charge >= 0.3 is 0 Å². The van der Waals surface area contributed by atoms with Crippen LogP contribution in [0.3, 0.4) is 0 Å². The summed E-state index contributed by atoms with van der Waals surface area (Å²) in [4.78, 5) is 16.7. The Morgan fingerprint density at radius 3 is 2.63 bits per heavy atom. The van der Waals surface area contributed by atoms with Crippen LogP contribution in [-0.2, 0) is 13.0 Å². The summed E-state index contributed by atoms with van der Waals surface area (Å²) >= 11 is 1.60. The number of carbonyl (C=O) groups excluding carboxylic acids is 1. The molecule has 1 N–H and O–H groups in total. The van der Waals surface area contributed by atoms with Gasteiger partial charge in [0.25, 0.3) is 5.91 Å². The third kappa shape index (κ3) is 5.31. The number of carbonyl (C=O) groups is 1. The van der Waals surface area contributed by atoms with Crippen molar-refractivity contribution in [2.75, 3.05) is 13.7 Å². The lowest BCUT2D eigenvalue weighted by Gasteiger charge is -2.09. The fraction of sp³-hybridized carbons (Fsp3) is 0.238. The molecular formula is C21H22N2O3S. The summed E-state index contributed by atoms with van der Waals surface area (Å²) in [6.45, 7) is 2.94. The Kier molecular flexibility index (Phi) is 6.44. The van der Waals surface area contributed by atoms with Crippen LogP contribution < -0.4 is 14.8 Å². The minimum Gasteiger partial charge on any atom is -0.496 e. The molecule has 1 amide bonds. The van der Waals surface area contributed by atoms with Crippen LogP contribution in [0.25, 0.3) is 0 Å². The summed E-state index contributed by atoms with van der Waals surface area (Å²) in [5.41, 5.74) is 2.59. The number of amides is 1. The Bertz CT molecular complexity index is 890. The second-order valence-electron chi connectivity index (χ2n) is 5.99. The van der Waals surface area contributed by atoms with E-state index in [9.17, 15) is 4.79 Å². The Morgan fingerprint density at radius 2 is 1.93 bits per heavy atom. The topological polar surface area (TPSA) is 60.5 Å². The van der Waals surface area contributed by atoms with E-state index in [0.29, 0.717) is 30.9 Å². The number of nitrogens with one attached hydrogen (secondary N) is 1. The van der Waals surface area contributed by atoms with Crippen molar-refractivity contribution in [2.45, 2.75) is 20.0 Å². The second kappa shape index (κ2) is 9.19.